The van der Waals surface area contributed by atoms with Crippen molar-refractivity contribution < 1.29 is 0 Å². The van der Waals surface area contributed by atoms with Gasteiger partial charge in [0.25, 0.3) is 0 Å². The van der Waals surface area contributed by atoms with E-state index in [9.17, 15) is 5.26 Å². The number of nitriles is 1. The summed E-state index contributed by atoms with van der Waals surface area (Å²) >= 11 is 0. The Labute approximate surface area is 571 Å². The zero-order valence-electron chi connectivity index (χ0n) is 56.7. The second kappa shape index (κ2) is 21.4. The van der Waals surface area contributed by atoms with E-state index < -0.39 is 0 Å². The van der Waals surface area contributed by atoms with Crippen LogP contribution in [0.4, 0.5) is 39.8 Å². The minimum Gasteiger partial charge on any atom is -0.311 e. The van der Waals surface area contributed by atoms with Crippen molar-refractivity contribution in [3.05, 3.63) is 338 Å². The molecule has 4 heteroatoms. The van der Waals surface area contributed by atoms with E-state index in [1.807, 2.05) is 24.3 Å². The topological polar surface area (TPSA) is 34.6 Å². The van der Waals surface area contributed by atoms with Gasteiger partial charge in [-0.15, -0.1) is 0 Å². The molecule has 17 rings (SSSR count). The van der Waals surface area contributed by atoms with Gasteiger partial charge >= 0.3 is 0 Å². The van der Waals surface area contributed by atoms with Crippen molar-refractivity contribution >= 4 is 64.1 Å². The molecule has 0 aromatic heterocycles. The summed E-state index contributed by atoms with van der Waals surface area (Å²) < 4.78 is 0. The molecule has 0 saturated heterocycles. The lowest BCUT2D eigenvalue weighted by molar-refractivity contribution is 0.659. The zero-order valence-corrected chi connectivity index (χ0v) is 56.7. The third-order valence-electron chi connectivity index (χ3n) is 22.7. The first-order valence-electron chi connectivity index (χ1n) is 34.0. The summed E-state index contributed by atoms with van der Waals surface area (Å²) in [6.07, 6.45) is 9.13. The van der Waals surface area contributed by atoms with Gasteiger partial charge in [0.2, 0.25) is 0 Å². The molecule has 12 aromatic rings. The van der Waals surface area contributed by atoms with Crippen LogP contribution in [-0.2, 0) is 27.1 Å². The molecule has 0 fully saturated rings. The van der Waals surface area contributed by atoms with E-state index in [4.69, 9.17) is 6.57 Å². The molecule has 0 N–H and O–H groups in total. The van der Waals surface area contributed by atoms with E-state index in [1.165, 1.54) is 134 Å². The van der Waals surface area contributed by atoms with Crippen molar-refractivity contribution in [1.82, 2.24) is 0 Å². The number of nitrogens with zero attached hydrogens (tertiary/aromatic N) is 4. The summed E-state index contributed by atoms with van der Waals surface area (Å²) in [5.74, 6) is 0. The van der Waals surface area contributed by atoms with E-state index in [1.54, 1.807) is 0 Å². The largest absolute Gasteiger partial charge is 0.311 e. The molecule has 12 aromatic carbocycles. The van der Waals surface area contributed by atoms with E-state index in [0.29, 0.717) is 11.3 Å². The van der Waals surface area contributed by atoms with Gasteiger partial charge in [-0.1, -0.05) is 251 Å². The molecule has 0 atom stereocenters. The van der Waals surface area contributed by atoms with Crippen LogP contribution in [0.25, 0.3) is 84.8 Å². The fraction of sp³-hybridized carbons (Fsp3) is 0.161. The van der Waals surface area contributed by atoms with Crippen LogP contribution >= 0.6 is 0 Å². The Kier molecular flexibility index (Phi) is 13.1. The van der Waals surface area contributed by atoms with Crippen LogP contribution in [0.2, 0.25) is 0 Å². The first-order valence-corrected chi connectivity index (χ1v) is 34.0. The van der Waals surface area contributed by atoms with Crippen molar-refractivity contribution in [3.8, 4) is 61.7 Å². The Morgan fingerprint density at radius 1 is 0.278 bits per heavy atom. The summed E-state index contributed by atoms with van der Waals surface area (Å²) in [5, 5.41) is 9.78. The number of anilines is 6. The summed E-state index contributed by atoms with van der Waals surface area (Å²) in [6, 6.07) is 91.8. The number of benzene rings is 12. The zero-order chi connectivity index (χ0) is 66.7. The van der Waals surface area contributed by atoms with Gasteiger partial charge in [0.1, 0.15) is 0 Å². The smallest absolute Gasteiger partial charge is 0.187 e. The van der Waals surface area contributed by atoms with Gasteiger partial charge in [-0.3, -0.25) is 0 Å². The molecule has 0 heterocycles. The van der Waals surface area contributed by atoms with Crippen molar-refractivity contribution in [2.45, 2.75) is 96.3 Å². The van der Waals surface area contributed by atoms with Crippen molar-refractivity contribution in [2.75, 3.05) is 9.80 Å². The number of rotatable bonds is 10. The molecule has 4 nitrogen and oxygen atoms in total. The highest BCUT2D eigenvalue weighted by Gasteiger charge is 2.41. The highest BCUT2D eigenvalue weighted by atomic mass is 15.1. The Balaban J connectivity index is 0.613. The van der Waals surface area contributed by atoms with E-state index >= 15 is 0 Å². The average molecular weight is 1250 g/mol. The maximum atomic E-state index is 9.78. The second-order valence-electron chi connectivity index (χ2n) is 30.0. The van der Waals surface area contributed by atoms with Gasteiger partial charge < -0.3 is 9.80 Å². The van der Waals surface area contributed by atoms with Crippen LogP contribution in [0.3, 0.4) is 0 Å². The first-order chi connectivity index (χ1) is 46.7. The first kappa shape index (κ1) is 59.4. The molecular weight excluding hydrogens is 1170 g/mol. The van der Waals surface area contributed by atoms with Crippen LogP contribution in [0, 0.1) is 17.9 Å². The molecule has 0 spiro atoms. The normalized spacial score (nSPS) is 15.6. The summed E-state index contributed by atoms with van der Waals surface area (Å²) in [7, 11) is 0. The fourth-order valence-corrected chi connectivity index (χ4v) is 17.3. The summed E-state index contributed by atoms with van der Waals surface area (Å²) in [5.41, 5.74) is 37.6. The van der Waals surface area contributed by atoms with Gasteiger partial charge in [0, 0.05) is 61.2 Å². The molecule has 0 aliphatic heterocycles. The minimum absolute atomic E-state index is 0.142. The predicted molar refractivity (Wildman–Crippen MR) is 405 cm³/mol. The third-order valence-corrected chi connectivity index (χ3v) is 22.7. The van der Waals surface area contributed by atoms with Gasteiger partial charge in [-0.05, 0) is 218 Å². The lowest BCUT2D eigenvalue weighted by atomic mass is 9.81. The standard InChI is InChI=1S/C93H74N4/c1-89(2)79-18-14-12-16-69(79)75-44-36-65(52-85(75)89)96(63-32-24-61(56-94)25-33-63)67-38-46-77-73-42-28-59(50-83(73)92(7,8)87(77)54-67)22-20-57-26-40-71-72-41-27-58(49-82(72)91(5,6)81(71)48-57)21-23-60-29-43-74-78-47-39-68(55-88(78)93(9,10)84(74)51-60)97(64-34-30-62(95-11)31-35-64)66-37-45-76-70-17-13-15-19-80(70)90(3,4)86(76)53-66/h12-55H,1-10H3/b22-20+,23-21+. The monoisotopic (exact) mass is 1250 g/mol. The molecule has 5 aliphatic carbocycles. The fourth-order valence-electron chi connectivity index (χ4n) is 17.3. The lowest BCUT2D eigenvalue weighted by Crippen LogP contribution is -2.18. The average Bonchev–Trinajstić information content (AvgIpc) is 1.62. The van der Waals surface area contributed by atoms with Gasteiger partial charge in [-0.2, -0.15) is 5.26 Å². The molecule has 0 unspecified atom stereocenters. The Hall–Kier alpha value is -11.3. The van der Waals surface area contributed by atoms with Crippen LogP contribution in [0.15, 0.2) is 243 Å². The summed E-state index contributed by atoms with van der Waals surface area (Å²) in [6.45, 7) is 31.3. The maximum Gasteiger partial charge on any atom is 0.187 e. The third kappa shape index (κ3) is 9.07. The molecule has 0 amide bonds. The molecule has 466 valence electrons. The maximum absolute atomic E-state index is 9.78. The van der Waals surface area contributed by atoms with Crippen molar-refractivity contribution in [2.24, 2.45) is 0 Å². The van der Waals surface area contributed by atoms with E-state index in [-0.39, 0.29) is 27.1 Å². The molecule has 0 bridgehead atoms. The molecule has 97 heavy (non-hydrogen) atoms. The summed E-state index contributed by atoms with van der Waals surface area (Å²) in [4.78, 5) is 8.45. The quantitative estimate of drug-likeness (QED) is 0.101. The molecule has 0 radical (unpaired) electrons. The van der Waals surface area contributed by atoms with Crippen molar-refractivity contribution in [3.63, 3.8) is 0 Å². The number of fused-ring (bicyclic) bond motifs is 15. The predicted octanol–water partition coefficient (Wildman–Crippen LogP) is 24.9. The van der Waals surface area contributed by atoms with Crippen LogP contribution in [0.5, 0.6) is 0 Å². The van der Waals surface area contributed by atoms with Gasteiger partial charge in [0.05, 0.1) is 18.2 Å². The van der Waals surface area contributed by atoms with Crippen LogP contribution in [0.1, 0.15) is 153 Å². The lowest BCUT2D eigenvalue weighted by Gasteiger charge is -2.29. The van der Waals surface area contributed by atoms with Crippen LogP contribution in [-0.4, -0.2) is 0 Å². The van der Waals surface area contributed by atoms with Gasteiger partial charge in [-0.25, -0.2) is 4.85 Å². The van der Waals surface area contributed by atoms with E-state index in [2.05, 4.69) is 333 Å². The SMILES string of the molecule is [C-]#[N+]c1ccc(N(c2ccc3c(c2)C(C)(C)c2ccccc2-3)c2ccc3c(c2)C(C)(C)c2cc(/C=C/c4ccc5c(c4)C(C)(C)c4cc(/C=C/c6ccc7c(c6)C(C)(C)c6cc(N(c8ccc(C#N)cc8)c8ccc9c(c8)C(C)(C)c8ccccc8-9)ccc6-7)ccc4-5)ccc2-3)cc1. The Bertz CT molecular complexity index is 5170. The van der Waals surface area contributed by atoms with Crippen LogP contribution < -0.4 is 9.80 Å². The molecule has 5 aliphatic rings. The molecule has 0 saturated carbocycles. The number of hydrogen-bond acceptors (Lipinski definition) is 3. The highest BCUT2D eigenvalue weighted by molar-refractivity contribution is 5.93. The second-order valence-corrected chi connectivity index (χ2v) is 30.0. The Morgan fingerprint density at radius 2 is 0.515 bits per heavy atom. The highest BCUT2D eigenvalue weighted by Crippen LogP contribution is 2.57. The van der Waals surface area contributed by atoms with Crippen molar-refractivity contribution in [1.29, 1.82) is 5.26 Å². The molecular formula is C93H74N4. The van der Waals surface area contributed by atoms with Gasteiger partial charge in [0.15, 0.2) is 5.69 Å². The Morgan fingerprint density at radius 3 is 0.804 bits per heavy atom. The van der Waals surface area contributed by atoms with E-state index in [0.717, 1.165) is 34.1 Å². The number of hydrogen-bond donors (Lipinski definition) is 0. The minimum atomic E-state index is -0.257.